The van der Waals surface area contributed by atoms with Gasteiger partial charge < -0.3 is 11.1 Å². The first-order valence-corrected chi connectivity index (χ1v) is 8.04. The Kier molecular flexibility index (Phi) is 5.37. The highest BCUT2D eigenvalue weighted by atomic mass is 79.9. The molecular formula is C18H21BrN2O. The minimum Gasteiger partial charge on any atom is -0.354 e. The van der Waals surface area contributed by atoms with Gasteiger partial charge in [0.25, 0.3) is 0 Å². The van der Waals surface area contributed by atoms with Gasteiger partial charge in [0.15, 0.2) is 0 Å². The third-order valence-corrected chi connectivity index (χ3v) is 4.30. The molecule has 0 spiro atoms. The molecule has 1 unspecified atom stereocenters. The van der Waals surface area contributed by atoms with Gasteiger partial charge in [0.1, 0.15) is 6.04 Å². The lowest BCUT2D eigenvalue weighted by Crippen LogP contribution is -2.41. The minimum absolute atomic E-state index is 0.156. The predicted octanol–water partition coefficient (Wildman–Crippen LogP) is 3.54. The second-order valence-corrected chi connectivity index (χ2v) is 6.91. The van der Waals surface area contributed by atoms with Crippen molar-refractivity contribution >= 4 is 21.8 Å². The first-order chi connectivity index (χ1) is 10.4. The number of carbonyl (C=O) groups excluding carboxylic acids is 1. The standard InChI is InChI=1S/C18H21BrN2O/c1-18(2,14-8-10-15(19)11-9-14)12-21-17(22)16(20)13-6-4-3-5-7-13/h3-11,16H,12,20H2,1-2H3,(H,21,22). The Morgan fingerprint density at radius 1 is 1.14 bits per heavy atom. The van der Waals surface area contributed by atoms with Crippen LogP contribution in [-0.4, -0.2) is 12.5 Å². The summed E-state index contributed by atoms with van der Waals surface area (Å²) in [7, 11) is 0. The maximum absolute atomic E-state index is 12.2. The van der Waals surface area contributed by atoms with Crippen molar-refractivity contribution in [3.63, 3.8) is 0 Å². The van der Waals surface area contributed by atoms with Crippen LogP contribution in [0, 0.1) is 0 Å². The molecule has 3 N–H and O–H groups in total. The number of hydrogen-bond acceptors (Lipinski definition) is 2. The topological polar surface area (TPSA) is 55.1 Å². The van der Waals surface area contributed by atoms with Gasteiger partial charge in [-0.1, -0.05) is 72.2 Å². The smallest absolute Gasteiger partial charge is 0.241 e. The molecule has 0 radical (unpaired) electrons. The lowest BCUT2D eigenvalue weighted by molar-refractivity contribution is -0.122. The van der Waals surface area contributed by atoms with E-state index < -0.39 is 6.04 Å². The maximum atomic E-state index is 12.2. The monoisotopic (exact) mass is 360 g/mol. The molecule has 0 aromatic heterocycles. The van der Waals surface area contributed by atoms with Crippen LogP contribution in [0.15, 0.2) is 59.1 Å². The van der Waals surface area contributed by atoms with Gasteiger partial charge in [-0.05, 0) is 23.3 Å². The Hall–Kier alpha value is -1.65. The molecule has 2 aromatic carbocycles. The number of nitrogens with two attached hydrogens (primary N) is 1. The van der Waals surface area contributed by atoms with Crippen molar-refractivity contribution in [1.82, 2.24) is 5.32 Å². The van der Waals surface area contributed by atoms with Gasteiger partial charge in [-0.15, -0.1) is 0 Å². The van der Waals surface area contributed by atoms with Crippen LogP contribution in [0.1, 0.15) is 31.0 Å². The third-order valence-electron chi connectivity index (χ3n) is 3.77. The molecule has 2 rings (SSSR count). The zero-order valence-electron chi connectivity index (χ0n) is 12.8. The van der Waals surface area contributed by atoms with E-state index in [-0.39, 0.29) is 11.3 Å². The van der Waals surface area contributed by atoms with Gasteiger partial charge >= 0.3 is 0 Å². The molecule has 0 fully saturated rings. The number of hydrogen-bond donors (Lipinski definition) is 2. The van der Waals surface area contributed by atoms with E-state index in [0.717, 1.165) is 10.0 Å². The average Bonchev–Trinajstić information content (AvgIpc) is 2.53. The highest BCUT2D eigenvalue weighted by Crippen LogP contribution is 2.24. The lowest BCUT2D eigenvalue weighted by atomic mass is 9.84. The average molecular weight is 361 g/mol. The summed E-state index contributed by atoms with van der Waals surface area (Å²) in [6.45, 7) is 4.74. The summed E-state index contributed by atoms with van der Waals surface area (Å²) in [6.07, 6.45) is 0. The second-order valence-electron chi connectivity index (χ2n) is 6.00. The summed E-state index contributed by atoms with van der Waals surface area (Å²) in [5.74, 6) is -0.156. The lowest BCUT2D eigenvalue weighted by Gasteiger charge is -2.26. The maximum Gasteiger partial charge on any atom is 0.241 e. The van der Waals surface area contributed by atoms with Crippen molar-refractivity contribution in [2.75, 3.05) is 6.54 Å². The molecule has 22 heavy (non-hydrogen) atoms. The van der Waals surface area contributed by atoms with Gasteiger partial charge in [0, 0.05) is 16.4 Å². The summed E-state index contributed by atoms with van der Waals surface area (Å²) in [5, 5.41) is 2.96. The third kappa shape index (κ3) is 4.18. The molecular weight excluding hydrogens is 340 g/mol. The molecule has 0 aliphatic rings. The van der Waals surface area contributed by atoms with E-state index >= 15 is 0 Å². The summed E-state index contributed by atoms with van der Waals surface area (Å²) in [6, 6.07) is 16.9. The van der Waals surface area contributed by atoms with Crippen LogP contribution in [0.2, 0.25) is 0 Å². The fraction of sp³-hybridized carbons (Fsp3) is 0.278. The largest absolute Gasteiger partial charge is 0.354 e. The Morgan fingerprint density at radius 2 is 1.73 bits per heavy atom. The van der Waals surface area contributed by atoms with Crippen LogP contribution in [0.4, 0.5) is 0 Å². The Labute approximate surface area is 140 Å². The van der Waals surface area contributed by atoms with E-state index in [9.17, 15) is 4.79 Å². The van der Waals surface area contributed by atoms with Gasteiger partial charge in [-0.3, -0.25) is 4.79 Å². The van der Waals surface area contributed by atoms with Gasteiger partial charge in [-0.2, -0.15) is 0 Å². The van der Waals surface area contributed by atoms with E-state index in [2.05, 4.69) is 47.2 Å². The molecule has 0 saturated carbocycles. The van der Waals surface area contributed by atoms with Crippen molar-refractivity contribution in [3.8, 4) is 0 Å². The van der Waals surface area contributed by atoms with E-state index in [4.69, 9.17) is 5.73 Å². The van der Waals surface area contributed by atoms with Crippen molar-refractivity contribution in [1.29, 1.82) is 0 Å². The van der Waals surface area contributed by atoms with E-state index in [1.807, 2.05) is 42.5 Å². The zero-order chi connectivity index (χ0) is 16.2. The summed E-state index contributed by atoms with van der Waals surface area (Å²) < 4.78 is 1.04. The fourth-order valence-corrected chi connectivity index (χ4v) is 2.50. The molecule has 0 aliphatic carbocycles. The van der Waals surface area contributed by atoms with Gasteiger partial charge in [-0.25, -0.2) is 0 Å². The zero-order valence-corrected chi connectivity index (χ0v) is 14.4. The number of rotatable bonds is 5. The first kappa shape index (κ1) is 16.7. The molecule has 116 valence electrons. The van der Waals surface area contributed by atoms with Crippen molar-refractivity contribution in [2.24, 2.45) is 5.73 Å². The summed E-state index contributed by atoms with van der Waals surface area (Å²) in [5.41, 5.74) is 7.84. The molecule has 2 aromatic rings. The van der Waals surface area contributed by atoms with Crippen LogP contribution in [0.3, 0.4) is 0 Å². The molecule has 1 amide bonds. The highest BCUT2D eigenvalue weighted by Gasteiger charge is 2.23. The van der Waals surface area contributed by atoms with Crippen LogP contribution >= 0.6 is 15.9 Å². The number of halogens is 1. The SMILES string of the molecule is CC(C)(CNC(=O)C(N)c1ccccc1)c1ccc(Br)cc1. The van der Waals surface area contributed by atoms with Crippen LogP contribution in [-0.2, 0) is 10.2 Å². The molecule has 0 aliphatic heterocycles. The van der Waals surface area contributed by atoms with Gasteiger partial charge in [0.2, 0.25) is 5.91 Å². The Balaban J connectivity index is 1.99. The van der Waals surface area contributed by atoms with E-state index in [1.165, 1.54) is 5.56 Å². The van der Waals surface area contributed by atoms with Crippen LogP contribution < -0.4 is 11.1 Å². The minimum atomic E-state index is -0.637. The normalized spacial score (nSPS) is 12.7. The molecule has 0 heterocycles. The van der Waals surface area contributed by atoms with E-state index in [0.29, 0.717) is 6.54 Å². The molecule has 1 atom stereocenters. The molecule has 0 bridgehead atoms. The number of benzene rings is 2. The first-order valence-electron chi connectivity index (χ1n) is 7.24. The Bertz CT molecular complexity index is 623. The number of carbonyl (C=O) groups is 1. The fourth-order valence-electron chi connectivity index (χ4n) is 2.23. The number of amides is 1. The van der Waals surface area contributed by atoms with Crippen LogP contribution in [0.5, 0.6) is 0 Å². The van der Waals surface area contributed by atoms with Crippen molar-refractivity contribution < 1.29 is 4.79 Å². The number of nitrogens with one attached hydrogen (secondary N) is 1. The Morgan fingerprint density at radius 3 is 2.32 bits per heavy atom. The summed E-state index contributed by atoms with van der Waals surface area (Å²) in [4.78, 5) is 12.2. The van der Waals surface area contributed by atoms with E-state index in [1.54, 1.807) is 0 Å². The molecule has 3 nitrogen and oxygen atoms in total. The summed E-state index contributed by atoms with van der Waals surface area (Å²) >= 11 is 3.43. The quantitative estimate of drug-likeness (QED) is 0.856. The molecule has 4 heteroatoms. The van der Waals surface area contributed by atoms with Crippen LogP contribution in [0.25, 0.3) is 0 Å². The second kappa shape index (κ2) is 7.07. The molecule has 0 saturated heterocycles. The van der Waals surface area contributed by atoms with Crippen molar-refractivity contribution in [2.45, 2.75) is 25.3 Å². The highest BCUT2D eigenvalue weighted by molar-refractivity contribution is 9.10. The van der Waals surface area contributed by atoms with Crippen molar-refractivity contribution in [3.05, 3.63) is 70.2 Å². The van der Waals surface area contributed by atoms with Gasteiger partial charge in [0.05, 0.1) is 0 Å². The predicted molar refractivity (Wildman–Crippen MR) is 93.5 cm³/mol.